The summed E-state index contributed by atoms with van der Waals surface area (Å²) in [5, 5.41) is 9.81. The molecule has 0 aliphatic rings. The van der Waals surface area contributed by atoms with Crippen LogP contribution in [0.3, 0.4) is 0 Å². The van der Waals surface area contributed by atoms with E-state index >= 15 is 0 Å². The van der Waals surface area contributed by atoms with Crippen LogP contribution in [0.1, 0.15) is 213 Å². The number of rotatable bonds is 51. The number of unbranched alkanes of at least 4 members (excludes halogenated alkanes) is 15. The van der Waals surface area contributed by atoms with Gasteiger partial charge in [-0.15, -0.1) is 0 Å². The lowest BCUT2D eigenvalue weighted by molar-refractivity contribution is -0.160. The number of allylic oxidation sites excluding steroid dienone is 19. The fourth-order valence-corrected chi connectivity index (χ4v) is 7.91. The molecule has 0 aliphatic heterocycles. The molecule has 0 saturated carbocycles. The Hall–Kier alpha value is -4.12. The summed E-state index contributed by atoms with van der Waals surface area (Å²) in [4.78, 5) is 48.5. The average molecular weight is 1050 g/mol. The molecule has 0 rings (SSSR count). The topological polar surface area (TPSA) is 155 Å². The van der Waals surface area contributed by atoms with Crippen molar-refractivity contribution >= 4 is 25.7 Å². The molecule has 3 unspecified atom stereocenters. The zero-order valence-corrected chi connectivity index (χ0v) is 47.2. The van der Waals surface area contributed by atoms with Crippen LogP contribution < -0.4 is 0 Å². The molecule has 0 radical (unpaired) electrons. The van der Waals surface area contributed by atoms with Gasteiger partial charge in [-0.3, -0.25) is 23.4 Å². The predicted octanol–water partition coefficient (Wildman–Crippen LogP) is 16.8. The van der Waals surface area contributed by atoms with Crippen LogP contribution in [0.25, 0.3) is 0 Å². The van der Waals surface area contributed by atoms with Crippen LogP contribution in [0.4, 0.5) is 0 Å². The van der Waals surface area contributed by atoms with Gasteiger partial charge in [-0.1, -0.05) is 206 Å². The first-order valence-corrected chi connectivity index (χ1v) is 29.9. The van der Waals surface area contributed by atoms with E-state index in [4.69, 9.17) is 23.3 Å². The molecular formula is C62H101O11P. The molecule has 0 heterocycles. The summed E-state index contributed by atoms with van der Waals surface area (Å²) < 4.78 is 39.3. The highest BCUT2D eigenvalue weighted by Gasteiger charge is 2.28. The minimum atomic E-state index is -4.79. The Balaban J connectivity index is 4.86. The summed E-state index contributed by atoms with van der Waals surface area (Å²) >= 11 is 0. The number of aliphatic hydroxyl groups excluding tert-OH is 1. The van der Waals surface area contributed by atoms with Gasteiger partial charge in [-0.05, 0) is 109 Å². The summed E-state index contributed by atoms with van der Waals surface area (Å²) in [6, 6.07) is 0. The van der Waals surface area contributed by atoms with E-state index in [-0.39, 0.29) is 25.9 Å². The van der Waals surface area contributed by atoms with Crippen molar-refractivity contribution in [3.05, 3.63) is 122 Å². The smallest absolute Gasteiger partial charge is 0.462 e. The highest BCUT2D eigenvalue weighted by molar-refractivity contribution is 7.47. The van der Waals surface area contributed by atoms with Crippen LogP contribution >= 0.6 is 7.82 Å². The van der Waals surface area contributed by atoms with Gasteiger partial charge in [0.1, 0.15) is 12.7 Å². The van der Waals surface area contributed by atoms with Crippen molar-refractivity contribution in [2.24, 2.45) is 0 Å². The van der Waals surface area contributed by atoms with Crippen LogP contribution in [0.15, 0.2) is 122 Å². The first-order valence-electron chi connectivity index (χ1n) is 28.4. The fourth-order valence-electron chi connectivity index (χ4n) is 7.12. The number of aliphatic hydroxyl groups is 1. The van der Waals surface area contributed by atoms with Crippen molar-refractivity contribution < 1.29 is 52.2 Å². The van der Waals surface area contributed by atoms with Gasteiger partial charge in [0.15, 0.2) is 6.10 Å². The monoisotopic (exact) mass is 1050 g/mol. The van der Waals surface area contributed by atoms with E-state index in [0.717, 1.165) is 116 Å². The molecule has 0 saturated heterocycles. The summed E-state index contributed by atoms with van der Waals surface area (Å²) in [6.07, 6.45) is 67.6. The summed E-state index contributed by atoms with van der Waals surface area (Å²) in [5.74, 6) is -1.66. The SMILES string of the molecule is CC/C=C\C/C=C\C/C=C\C/C=C\C/C=C\CC(=O)OC(COC(=O)CCCCCCCCC/C=C\C/C=C\CCCCC)COP(=O)(O)OCC(CO)OC(=O)CCCCCCC/C=C\C/C=C\C/C=C\CC. The Morgan fingerprint density at radius 3 is 1.19 bits per heavy atom. The van der Waals surface area contributed by atoms with Gasteiger partial charge in [-0.25, -0.2) is 4.57 Å². The van der Waals surface area contributed by atoms with E-state index in [1.165, 1.54) is 38.5 Å². The normalized spacial score (nSPS) is 14.3. The third kappa shape index (κ3) is 52.7. The molecule has 0 amide bonds. The highest BCUT2D eigenvalue weighted by Crippen LogP contribution is 2.43. The van der Waals surface area contributed by atoms with Crippen molar-refractivity contribution in [2.75, 3.05) is 26.4 Å². The second kappa shape index (κ2) is 55.1. The lowest BCUT2D eigenvalue weighted by Gasteiger charge is -2.21. The molecule has 0 aromatic heterocycles. The van der Waals surface area contributed by atoms with Gasteiger partial charge in [-0.2, -0.15) is 0 Å². The summed E-state index contributed by atoms with van der Waals surface area (Å²) in [7, 11) is -4.79. The molecule has 11 nitrogen and oxygen atoms in total. The average Bonchev–Trinajstić information content (AvgIpc) is 3.39. The third-order valence-electron chi connectivity index (χ3n) is 11.4. The van der Waals surface area contributed by atoms with E-state index in [2.05, 4.69) is 118 Å². The summed E-state index contributed by atoms with van der Waals surface area (Å²) in [6.45, 7) is 4.24. The number of esters is 3. The van der Waals surface area contributed by atoms with Crippen molar-refractivity contribution in [1.29, 1.82) is 0 Å². The Morgan fingerprint density at radius 1 is 0.405 bits per heavy atom. The number of hydrogen-bond acceptors (Lipinski definition) is 10. The molecule has 12 heteroatoms. The fraction of sp³-hybridized carbons (Fsp3) is 0.629. The zero-order valence-electron chi connectivity index (χ0n) is 46.3. The van der Waals surface area contributed by atoms with Crippen molar-refractivity contribution in [2.45, 2.75) is 226 Å². The molecule has 0 aliphatic carbocycles. The van der Waals surface area contributed by atoms with E-state index in [1.54, 1.807) is 6.08 Å². The van der Waals surface area contributed by atoms with Gasteiger partial charge >= 0.3 is 25.7 Å². The second-order valence-corrected chi connectivity index (χ2v) is 19.8. The van der Waals surface area contributed by atoms with Gasteiger partial charge in [0, 0.05) is 12.8 Å². The number of carbonyl (C=O) groups is 3. The van der Waals surface area contributed by atoms with Crippen molar-refractivity contribution in [3.63, 3.8) is 0 Å². The van der Waals surface area contributed by atoms with Gasteiger partial charge in [0.25, 0.3) is 0 Å². The number of ether oxygens (including phenoxy) is 3. The minimum absolute atomic E-state index is 0.0733. The van der Waals surface area contributed by atoms with E-state index < -0.39 is 57.8 Å². The van der Waals surface area contributed by atoms with Crippen LogP contribution in [0.5, 0.6) is 0 Å². The Labute approximate surface area is 449 Å². The Bertz CT molecular complexity index is 1700. The maximum atomic E-state index is 12.9. The van der Waals surface area contributed by atoms with Gasteiger partial charge in [0.05, 0.1) is 26.2 Å². The van der Waals surface area contributed by atoms with E-state index in [0.29, 0.717) is 19.3 Å². The third-order valence-corrected chi connectivity index (χ3v) is 12.3. The number of phosphoric ester groups is 1. The molecule has 0 bridgehead atoms. The first-order chi connectivity index (χ1) is 36.2. The molecular weight excluding hydrogens is 952 g/mol. The zero-order chi connectivity index (χ0) is 54.1. The van der Waals surface area contributed by atoms with Crippen LogP contribution in [0.2, 0.25) is 0 Å². The molecule has 0 fully saturated rings. The van der Waals surface area contributed by atoms with Crippen LogP contribution in [-0.4, -0.2) is 66.5 Å². The number of phosphoric acid groups is 1. The van der Waals surface area contributed by atoms with Crippen molar-refractivity contribution in [1.82, 2.24) is 0 Å². The highest BCUT2D eigenvalue weighted by atomic mass is 31.2. The lowest BCUT2D eigenvalue weighted by atomic mass is 10.1. The number of hydrogen-bond donors (Lipinski definition) is 2. The van der Waals surface area contributed by atoms with Crippen LogP contribution in [0, 0.1) is 0 Å². The lowest BCUT2D eigenvalue weighted by Crippen LogP contribution is -2.30. The molecule has 0 aromatic carbocycles. The maximum absolute atomic E-state index is 12.9. The molecule has 0 aromatic rings. The van der Waals surface area contributed by atoms with Crippen molar-refractivity contribution in [3.8, 4) is 0 Å². The quantitative estimate of drug-likeness (QED) is 0.0197. The molecule has 2 N–H and O–H groups in total. The molecule has 420 valence electrons. The first kappa shape index (κ1) is 69.9. The molecule has 0 spiro atoms. The Morgan fingerprint density at radius 2 is 0.757 bits per heavy atom. The molecule has 74 heavy (non-hydrogen) atoms. The van der Waals surface area contributed by atoms with Crippen LogP contribution in [-0.2, 0) is 42.2 Å². The van der Waals surface area contributed by atoms with Gasteiger partial charge < -0.3 is 24.2 Å². The summed E-state index contributed by atoms with van der Waals surface area (Å²) in [5.41, 5.74) is 0. The minimum Gasteiger partial charge on any atom is -0.462 e. The molecule has 3 atom stereocenters. The van der Waals surface area contributed by atoms with E-state index in [1.807, 2.05) is 18.2 Å². The maximum Gasteiger partial charge on any atom is 0.472 e. The number of carbonyl (C=O) groups excluding carboxylic acids is 3. The second-order valence-electron chi connectivity index (χ2n) is 18.3. The largest absolute Gasteiger partial charge is 0.472 e. The standard InChI is InChI=1S/C62H101O11P/c1-4-7-10-13-16-19-22-25-28-29-32-33-36-39-42-45-48-51-60(64)69-55-59(73-62(66)53-50-47-44-41-38-35-31-27-24-21-18-15-12-9-6-3)57-71-74(67,68)70-56-58(54-63)72-61(65)52-49-46-43-40-37-34-30-26-23-20-17-14-11-8-5-2/h8-9,11-12,16-21,25-28,30-31,38,41,47,50,58-59,63H,4-7,10,13-15,22-24,29,32-37,39-40,42-46,48-49,51-57H2,1-3H3,(H,67,68)/b11-8-,12-9-,19-16-,20-17-,21-18-,28-25-,30-26-,31-27-,41-38-,50-47-. The predicted molar refractivity (Wildman–Crippen MR) is 306 cm³/mol. The van der Waals surface area contributed by atoms with E-state index in [9.17, 15) is 28.9 Å². The van der Waals surface area contributed by atoms with Gasteiger partial charge in [0.2, 0.25) is 0 Å². The Kier molecular flexibility index (Phi) is 52.1.